The monoisotopic (exact) mass is 313 g/mol. The van der Waals surface area contributed by atoms with Gasteiger partial charge in [-0.05, 0) is 41.9 Å². The molecule has 2 rings (SSSR count). The van der Waals surface area contributed by atoms with Crippen molar-refractivity contribution in [2.45, 2.75) is 26.0 Å². The molecule has 1 N–H and O–H groups in total. The van der Waals surface area contributed by atoms with Crippen LogP contribution in [-0.4, -0.2) is 19.9 Å². The molecule has 0 saturated carbocycles. The number of nitrogens with zero attached hydrogens (tertiary/aromatic N) is 3. The van der Waals surface area contributed by atoms with Gasteiger partial charge in [0.05, 0.1) is 28.3 Å². The first kappa shape index (κ1) is 13.2. The van der Waals surface area contributed by atoms with Gasteiger partial charge >= 0.3 is 0 Å². The van der Waals surface area contributed by atoms with E-state index in [0.717, 1.165) is 6.20 Å². The molecule has 0 spiro atoms. The van der Waals surface area contributed by atoms with Crippen molar-refractivity contribution in [2.24, 2.45) is 0 Å². The second-order valence-corrected chi connectivity index (χ2v) is 5.07. The maximum absolute atomic E-state index is 12.8. The highest BCUT2D eigenvalue weighted by molar-refractivity contribution is 9.10. The number of hydrogen-bond acceptors (Lipinski definition) is 3. The van der Waals surface area contributed by atoms with Crippen molar-refractivity contribution in [3.05, 3.63) is 46.2 Å². The van der Waals surface area contributed by atoms with Crippen molar-refractivity contribution in [1.29, 1.82) is 0 Å². The Morgan fingerprint density at radius 3 is 2.61 bits per heavy atom. The summed E-state index contributed by atoms with van der Waals surface area (Å²) in [5, 5.41) is 14.5. The summed E-state index contributed by atoms with van der Waals surface area (Å²) >= 11 is 3.35. The molecule has 18 heavy (non-hydrogen) atoms. The first-order valence-electron chi connectivity index (χ1n) is 5.53. The van der Waals surface area contributed by atoms with E-state index >= 15 is 0 Å². The first-order valence-corrected chi connectivity index (χ1v) is 6.32. The number of aliphatic hydroxyl groups excluding tert-OH is 1. The predicted molar refractivity (Wildman–Crippen MR) is 68.6 cm³/mol. The standard InChI is InChI=1S/C12H13BrFN3O/c1-7(2)17-11(9(13)6-16-17)12(18)10-4-3-8(14)5-15-10/h3-7,12,18H,1-2H3. The molecule has 0 amide bonds. The zero-order chi connectivity index (χ0) is 13.3. The lowest BCUT2D eigenvalue weighted by atomic mass is 10.1. The Bertz CT molecular complexity index is 539. The van der Waals surface area contributed by atoms with Gasteiger partial charge in [-0.2, -0.15) is 5.10 Å². The van der Waals surface area contributed by atoms with Crippen LogP contribution in [0.5, 0.6) is 0 Å². The van der Waals surface area contributed by atoms with Gasteiger partial charge < -0.3 is 5.11 Å². The van der Waals surface area contributed by atoms with Crippen LogP contribution in [-0.2, 0) is 0 Å². The van der Waals surface area contributed by atoms with Gasteiger partial charge in [-0.3, -0.25) is 9.67 Å². The summed E-state index contributed by atoms with van der Waals surface area (Å²) in [6.07, 6.45) is 1.77. The normalized spacial score (nSPS) is 13.0. The molecule has 0 radical (unpaired) electrons. The fraction of sp³-hybridized carbons (Fsp3) is 0.333. The van der Waals surface area contributed by atoms with Crippen molar-refractivity contribution in [2.75, 3.05) is 0 Å². The molecule has 6 heteroatoms. The SMILES string of the molecule is CC(C)n1ncc(Br)c1C(O)c1ccc(F)cn1. The predicted octanol–water partition coefficient (Wildman–Crippen LogP) is 2.84. The molecule has 1 atom stereocenters. The van der Waals surface area contributed by atoms with E-state index in [1.165, 1.54) is 12.1 Å². The number of aliphatic hydroxyl groups is 1. The number of rotatable bonds is 3. The second-order valence-electron chi connectivity index (χ2n) is 4.22. The highest BCUT2D eigenvalue weighted by Crippen LogP contribution is 2.29. The van der Waals surface area contributed by atoms with Gasteiger partial charge in [-0.15, -0.1) is 0 Å². The van der Waals surface area contributed by atoms with Crippen molar-refractivity contribution >= 4 is 15.9 Å². The summed E-state index contributed by atoms with van der Waals surface area (Å²) in [6.45, 7) is 3.93. The summed E-state index contributed by atoms with van der Waals surface area (Å²) < 4.78 is 15.2. The van der Waals surface area contributed by atoms with E-state index in [4.69, 9.17) is 0 Å². The summed E-state index contributed by atoms with van der Waals surface area (Å²) in [5.41, 5.74) is 1.00. The third-order valence-corrected chi connectivity index (χ3v) is 3.18. The van der Waals surface area contributed by atoms with Crippen molar-refractivity contribution in [3.63, 3.8) is 0 Å². The number of halogens is 2. The van der Waals surface area contributed by atoms with Crippen molar-refractivity contribution in [3.8, 4) is 0 Å². The van der Waals surface area contributed by atoms with Crippen LogP contribution in [0, 0.1) is 5.82 Å². The van der Waals surface area contributed by atoms with E-state index in [2.05, 4.69) is 26.0 Å². The topological polar surface area (TPSA) is 50.9 Å². The average molecular weight is 314 g/mol. The van der Waals surface area contributed by atoms with Crippen LogP contribution in [0.4, 0.5) is 4.39 Å². The molecule has 2 heterocycles. The van der Waals surface area contributed by atoms with Gasteiger partial charge in [0.1, 0.15) is 11.9 Å². The van der Waals surface area contributed by atoms with E-state index in [1.807, 2.05) is 13.8 Å². The molecule has 2 aromatic heterocycles. The smallest absolute Gasteiger partial charge is 0.141 e. The van der Waals surface area contributed by atoms with Crippen molar-refractivity contribution < 1.29 is 9.50 Å². The minimum atomic E-state index is -0.940. The Kier molecular flexibility index (Phi) is 3.77. The quantitative estimate of drug-likeness (QED) is 0.948. The molecule has 2 aromatic rings. The molecule has 96 valence electrons. The van der Waals surface area contributed by atoms with Gasteiger partial charge in [0.25, 0.3) is 0 Å². The summed E-state index contributed by atoms with van der Waals surface area (Å²) in [5.74, 6) is -0.428. The summed E-state index contributed by atoms with van der Waals surface area (Å²) in [7, 11) is 0. The molecule has 0 saturated heterocycles. The van der Waals surface area contributed by atoms with E-state index < -0.39 is 11.9 Å². The minimum absolute atomic E-state index is 0.112. The van der Waals surface area contributed by atoms with E-state index in [1.54, 1.807) is 10.9 Å². The molecule has 0 aliphatic carbocycles. The van der Waals surface area contributed by atoms with Gasteiger partial charge in [0, 0.05) is 6.04 Å². The van der Waals surface area contributed by atoms with E-state index in [0.29, 0.717) is 15.9 Å². The lowest BCUT2D eigenvalue weighted by Crippen LogP contribution is -2.13. The van der Waals surface area contributed by atoms with Gasteiger partial charge in [0.15, 0.2) is 0 Å². The number of aromatic nitrogens is 3. The molecule has 0 aliphatic heterocycles. The lowest BCUT2D eigenvalue weighted by molar-refractivity contribution is 0.199. The largest absolute Gasteiger partial charge is 0.380 e. The zero-order valence-electron chi connectivity index (χ0n) is 10.0. The molecule has 0 aliphatic rings. The fourth-order valence-corrected chi connectivity index (χ4v) is 2.20. The lowest BCUT2D eigenvalue weighted by Gasteiger charge is -2.16. The highest BCUT2D eigenvalue weighted by atomic mass is 79.9. The van der Waals surface area contributed by atoms with Gasteiger partial charge in [-0.25, -0.2) is 4.39 Å². The van der Waals surface area contributed by atoms with E-state index in [9.17, 15) is 9.50 Å². The Hall–Kier alpha value is -1.27. The Balaban J connectivity index is 2.42. The van der Waals surface area contributed by atoms with Crippen LogP contribution in [0.1, 0.15) is 37.4 Å². The summed E-state index contributed by atoms with van der Waals surface area (Å²) in [4.78, 5) is 3.89. The summed E-state index contributed by atoms with van der Waals surface area (Å²) in [6, 6.07) is 2.85. The Morgan fingerprint density at radius 1 is 1.33 bits per heavy atom. The first-order chi connectivity index (χ1) is 8.50. The van der Waals surface area contributed by atoms with Crippen LogP contribution < -0.4 is 0 Å². The van der Waals surface area contributed by atoms with Crippen LogP contribution in [0.15, 0.2) is 29.0 Å². The molecular weight excluding hydrogens is 301 g/mol. The third-order valence-electron chi connectivity index (χ3n) is 2.57. The maximum atomic E-state index is 12.8. The van der Waals surface area contributed by atoms with Crippen LogP contribution in [0.3, 0.4) is 0 Å². The van der Waals surface area contributed by atoms with Crippen LogP contribution in [0.25, 0.3) is 0 Å². The van der Waals surface area contributed by atoms with Crippen molar-refractivity contribution in [1.82, 2.24) is 14.8 Å². The minimum Gasteiger partial charge on any atom is -0.380 e. The average Bonchev–Trinajstić information content (AvgIpc) is 2.71. The fourth-order valence-electron chi connectivity index (χ4n) is 1.71. The molecule has 1 unspecified atom stereocenters. The number of hydrogen-bond donors (Lipinski definition) is 1. The third kappa shape index (κ3) is 2.44. The molecule has 4 nitrogen and oxygen atoms in total. The Morgan fingerprint density at radius 2 is 2.06 bits per heavy atom. The molecular formula is C12H13BrFN3O. The molecule has 0 fully saturated rings. The van der Waals surface area contributed by atoms with Crippen LogP contribution >= 0.6 is 15.9 Å². The van der Waals surface area contributed by atoms with Gasteiger partial charge in [0.2, 0.25) is 0 Å². The molecule has 0 bridgehead atoms. The van der Waals surface area contributed by atoms with Crippen LogP contribution in [0.2, 0.25) is 0 Å². The zero-order valence-corrected chi connectivity index (χ0v) is 11.6. The Labute approximate surface area is 113 Å². The number of pyridine rings is 1. The highest BCUT2D eigenvalue weighted by Gasteiger charge is 2.21. The molecule has 0 aromatic carbocycles. The maximum Gasteiger partial charge on any atom is 0.141 e. The van der Waals surface area contributed by atoms with E-state index in [-0.39, 0.29) is 6.04 Å². The van der Waals surface area contributed by atoms with Gasteiger partial charge in [-0.1, -0.05) is 0 Å². The second kappa shape index (κ2) is 5.16.